The van der Waals surface area contributed by atoms with Gasteiger partial charge in [-0.15, -0.1) is 0 Å². The summed E-state index contributed by atoms with van der Waals surface area (Å²) in [6.07, 6.45) is -3.59. The number of esters is 3. The average Bonchev–Trinajstić information content (AvgIpc) is 3.25. The Morgan fingerprint density at radius 1 is 0.485 bits per heavy atom. The fraction of sp³-hybridized carbons (Fsp3) is 0.533. The second kappa shape index (κ2) is 24.0. The first-order chi connectivity index (χ1) is 30.8. The van der Waals surface area contributed by atoms with Gasteiger partial charge in [0.1, 0.15) is 29.5 Å². The number of halogens is 6. The summed E-state index contributed by atoms with van der Waals surface area (Å²) in [4.78, 5) is 35.4. The van der Waals surface area contributed by atoms with Crippen molar-refractivity contribution < 1.29 is 80.2 Å². The number of ether oxygens (including phenoxy) is 3. The highest BCUT2D eigenvalue weighted by Crippen LogP contribution is 2.31. The summed E-state index contributed by atoms with van der Waals surface area (Å²) in [6, 6.07) is 15.2. The van der Waals surface area contributed by atoms with Gasteiger partial charge in [0, 0.05) is 0 Å². The van der Waals surface area contributed by atoms with Crippen molar-refractivity contribution in [3.63, 3.8) is 0 Å². The molecule has 366 valence electrons. The molecule has 0 unspecified atom stereocenters. The van der Waals surface area contributed by atoms with Crippen LogP contribution in [0.3, 0.4) is 0 Å². The Hall–Kier alpha value is -4.50. The second-order valence-corrected chi connectivity index (χ2v) is 23.4. The lowest BCUT2D eigenvalue weighted by atomic mass is 9.99. The zero-order chi connectivity index (χ0) is 48.8. The van der Waals surface area contributed by atoms with Crippen molar-refractivity contribution >= 4 is 47.4 Å². The third kappa shape index (κ3) is 18.6. The first-order valence-corrected chi connectivity index (χ1v) is 26.8. The predicted octanol–water partition coefficient (Wildman–Crippen LogP) is 8.52. The van der Waals surface area contributed by atoms with Crippen LogP contribution in [0.5, 0.6) is 0 Å². The van der Waals surface area contributed by atoms with Gasteiger partial charge in [0.05, 0.1) is 82.2 Å². The maximum Gasteiger partial charge on any atom is 0.416 e. The van der Waals surface area contributed by atoms with Crippen LogP contribution in [0.15, 0.2) is 72.8 Å². The van der Waals surface area contributed by atoms with E-state index in [9.17, 15) is 66.0 Å². The lowest BCUT2D eigenvalue weighted by Gasteiger charge is -2.21. The average molecular weight is 997 g/mol. The molecule has 6 rings (SSSR count). The van der Waals surface area contributed by atoms with Crippen LogP contribution in [0.25, 0.3) is 0 Å². The van der Waals surface area contributed by atoms with Gasteiger partial charge in [0.15, 0.2) is 0 Å². The van der Waals surface area contributed by atoms with Gasteiger partial charge in [-0.1, -0.05) is 24.3 Å². The lowest BCUT2D eigenvalue weighted by Crippen LogP contribution is -2.24. The SMILES string of the molecule is Cc1ccccc1C(=O)OCCC1CCS(=O)(=O)CC1.O=C(OCCC1CCS(=O)(=O)CC1)c1ccc(C(F)(F)F)cc1.O=C(OCCC1CCS(=O)(=O)CC1)c1cccc(C(F)(F)F)c1. The molecule has 3 aliphatic rings. The molecule has 3 aliphatic heterocycles. The largest absolute Gasteiger partial charge is 0.462 e. The van der Waals surface area contributed by atoms with E-state index in [0.717, 1.165) is 54.4 Å². The van der Waals surface area contributed by atoms with Gasteiger partial charge in [-0.25, -0.2) is 39.6 Å². The van der Waals surface area contributed by atoms with Crippen molar-refractivity contribution in [3.8, 4) is 0 Å². The quantitative estimate of drug-likeness (QED) is 0.0960. The molecular weight excluding hydrogens is 943 g/mol. The third-order valence-corrected chi connectivity index (χ3v) is 16.7. The van der Waals surface area contributed by atoms with E-state index >= 15 is 0 Å². The number of aryl methyl sites for hydroxylation is 1. The Labute approximate surface area is 381 Å². The normalized spacial score (nSPS) is 18.6. The van der Waals surface area contributed by atoms with Crippen LogP contribution in [-0.2, 0) is 56.1 Å². The number of rotatable bonds is 12. The number of benzene rings is 3. The van der Waals surface area contributed by atoms with Gasteiger partial charge in [-0.05, 0) is 137 Å². The summed E-state index contributed by atoms with van der Waals surface area (Å²) < 4.78 is 158. The van der Waals surface area contributed by atoms with Crippen molar-refractivity contribution in [2.24, 2.45) is 17.8 Å². The Balaban J connectivity index is 0.000000217. The lowest BCUT2D eigenvalue weighted by molar-refractivity contribution is -0.138. The highest BCUT2D eigenvalue weighted by Gasteiger charge is 2.32. The number of sulfone groups is 3. The van der Waals surface area contributed by atoms with Crippen LogP contribution in [0.4, 0.5) is 26.3 Å². The minimum absolute atomic E-state index is 0.0595. The molecule has 0 atom stereocenters. The summed E-state index contributed by atoms with van der Waals surface area (Å²) >= 11 is 0. The van der Waals surface area contributed by atoms with Gasteiger partial charge < -0.3 is 14.2 Å². The zero-order valence-corrected chi connectivity index (χ0v) is 38.7. The van der Waals surface area contributed by atoms with E-state index in [4.69, 9.17) is 14.2 Å². The molecule has 0 N–H and O–H groups in total. The Morgan fingerprint density at radius 2 is 0.864 bits per heavy atom. The Bertz CT molecular complexity index is 2400. The number of hydrogen-bond acceptors (Lipinski definition) is 12. The van der Waals surface area contributed by atoms with Crippen LogP contribution >= 0.6 is 0 Å². The molecule has 0 spiro atoms. The molecule has 3 aromatic carbocycles. The molecule has 0 aromatic heterocycles. The van der Waals surface area contributed by atoms with Crippen molar-refractivity contribution in [2.45, 2.75) is 77.1 Å². The van der Waals surface area contributed by atoms with Crippen LogP contribution in [0.2, 0.25) is 0 Å². The molecule has 0 bridgehead atoms. The number of hydrogen-bond donors (Lipinski definition) is 0. The second-order valence-electron chi connectivity index (χ2n) is 16.5. The molecule has 3 heterocycles. The molecule has 0 amide bonds. The van der Waals surface area contributed by atoms with E-state index in [1.807, 2.05) is 25.1 Å². The highest BCUT2D eigenvalue weighted by molar-refractivity contribution is 7.91. The summed E-state index contributed by atoms with van der Waals surface area (Å²) in [5.41, 5.74) is -0.308. The summed E-state index contributed by atoms with van der Waals surface area (Å²) in [5.74, 6) is 0.0449. The molecule has 21 heteroatoms. The fourth-order valence-corrected chi connectivity index (χ4v) is 12.1. The van der Waals surface area contributed by atoms with E-state index in [-0.39, 0.29) is 76.7 Å². The standard InChI is InChI=1S/2C15H17F3O4S.C15H20O4S/c16-15(17,18)13-3-1-12(2-4-13)14(19)22-8-5-11-6-9-23(20,21)10-7-11;16-15(17,18)13-3-1-2-12(10-13)14(19)22-7-4-11-5-8-23(20,21)9-6-11;1-12-4-2-3-5-14(12)15(16)19-9-6-13-7-10-20(17,18)11-8-13/h1-4,11H,5-10H2;1-3,10-11H,4-9H2;2-5,13H,6-11H2,1H3. The fourth-order valence-electron chi connectivity index (χ4n) is 7.30. The van der Waals surface area contributed by atoms with Gasteiger partial charge in [0.2, 0.25) is 0 Å². The van der Waals surface area contributed by atoms with E-state index in [0.29, 0.717) is 69.5 Å². The third-order valence-electron chi connectivity index (χ3n) is 11.5. The number of carbonyl (C=O) groups excluding carboxylic acids is 3. The number of carbonyl (C=O) groups is 3. The minimum Gasteiger partial charge on any atom is -0.462 e. The molecule has 66 heavy (non-hydrogen) atoms. The maximum atomic E-state index is 12.6. The molecule has 0 radical (unpaired) electrons. The molecule has 3 saturated heterocycles. The predicted molar refractivity (Wildman–Crippen MR) is 233 cm³/mol. The molecule has 0 saturated carbocycles. The van der Waals surface area contributed by atoms with E-state index in [1.54, 1.807) is 6.07 Å². The highest BCUT2D eigenvalue weighted by atomic mass is 32.2. The van der Waals surface area contributed by atoms with Gasteiger partial charge in [0.25, 0.3) is 0 Å². The van der Waals surface area contributed by atoms with Crippen molar-refractivity contribution in [2.75, 3.05) is 54.3 Å². The number of alkyl halides is 6. The first-order valence-electron chi connectivity index (χ1n) is 21.4. The van der Waals surface area contributed by atoms with Gasteiger partial charge in [-0.3, -0.25) is 0 Å². The molecular formula is C45H54F6O12S3. The topological polar surface area (TPSA) is 181 Å². The van der Waals surface area contributed by atoms with E-state index < -0.39 is 64.9 Å². The summed E-state index contributed by atoms with van der Waals surface area (Å²) in [6.45, 7) is 2.44. The monoisotopic (exact) mass is 996 g/mol. The van der Waals surface area contributed by atoms with Gasteiger partial charge in [-0.2, -0.15) is 26.3 Å². The molecule has 12 nitrogen and oxygen atoms in total. The summed E-state index contributed by atoms with van der Waals surface area (Å²) in [5, 5.41) is 0. The Morgan fingerprint density at radius 3 is 1.26 bits per heavy atom. The van der Waals surface area contributed by atoms with E-state index in [1.165, 1.54) is 6.07 Å². The minimum atomic E-state index is -4.51. The maximum absolute atomic E-state index is 12.6. The molecule has 0 aliphatic carbocycles. The first kappa shape index (κ1) is 54.1. The molecule has 3 aromatic rings. The zero-order valence-electron chi connectivity index (χ0n) is 36.3. The van der Waals surface area contributed by atoms with Gasteiger partial charge >= 0.3 is 30.3 Å². The summed E-state index contributed by atoms with van der Waals surface area (Å²) in [7, 11) is -8.66. The smallest absolute Gasteiger partial charge is 0.416 e. The van der Waals surface area contributed by atoms with Crippen LogP contribution in [0, 0.1) is 24.7 Å². The van der Waals surface area contributed by atoms with Crippen molar-refractivity contribution in [3.05, 3.63) is 106 Å². The molecule has 3 fully saturated rings. The van der Waals surface area contributed by atoms with E-state index in [2.05, 4.69) is 0 Å². The van der Waals surface area contributed by atoms with Crippen LogP contribution in [0.1, 0.15) is 106 Å². The Kier molecular flexibility index (Phi) is 19.7. The van der Waals surface area contributed by atoms with Crippen LogP contribution in [-0.4, -0.2) is 97.5 Å². The van der Waals surface area contributed by atoms with Crippen molar-refractivity contribution in [1.29, 1.82) is 0 Å². The van der Waals surface area contributed by atoms with Crippen molar-refractivity contribution in [1.82, 2.24) is 0 Å². The van der Waals surface area contributed by atoms with Crippen LogP contribution < -0.4 is 0 Å².